The molecule has 2 aromatic carbocycles. The molecule has 0 N–H and O–H groups in total. The number of carbonyl (C=O) groups is 2. The van der Waals surface area contributed by atoms with Gasteiger partial charge in [-0.3, -0.25) is 4.79 Å². The van der Waals surface area contributed by atoms with E-state index in [1.807, 2.05) is 30.3 Å². The molecule has 0 heterocycles. The smallest absolute Gasteiger partial charge is 0.178 e. The lowest BCUT2D eigenvalue weighted by molar-refractivity contribution is -0.304. The third-order valence-electron chi connectivity index (χ3n) is 3.16. The zero-order valence-electron chi connectivity index (χ0n) is 12.7. The quantitative estimate of drug-likeness (QED) is 0.694. The van der Waals surface area contributed by atoms with E-state index in [0.29, 0.717) is 18.1 Å². The molecule has 0 bridgehead atoms. The van der Waals surface area contributed by atoms with Gasteiger partial charge in [-0.25, -0.2) is 0 Å². The summed E-state index contributed by atoms with van der Waals surface area (Å²) in [5, 5.41) is 10.4. The number of carboxylic acid groups (broad SMARTS) is 1. The van der Waals surface area contributed by atoms with Crippen LogP contribution in [0.4, 0.5) is 0 Å². The van der Waals surface area contributed by atoms with Crippen molar-refractivity contribution in [1.82, 2.24) is 0 Å². The van der Waals surface area contributed by atoms with E-state index in [-0.39, 0.29) is 0 Å². The summed E-state index contributed by atoms with van der Waals surface area (Å²) in [6.07, 6.45) is -1.50. The van der Waals surface area contributed by atoms with Crippen LogP contribution in [0, 0.1) is 0 Å². The number of aliphatic carboxylic acids is 1. The Bertz CT molecular complexity index is 649. The van der Waals surface area contributed by atoms with Gasteiger partial charge in [0.15, 0.2) is 11.9 Å². The van der Waals surface area contributed by atoms with Crippen molar-refractivity contribution < 1.29 is 24.2 Å². The molecule has 0 radical (unpaired) electrons. The zero-order valence-corrected chi connectivity index (χ0v) is 12.7. The Balaban J connectivity index is 1.86. The van der Waals surface area contributed by atoms with E-state index in [1.165, 1.54) is 6.92 Å². The van der Waals surface area contributed by atoms with Gasteiger partial charge in [0.1, 0.15) is 18.1 Å². The number of carboxylic acids is 1. The Hall–Kier alpha value is -2.82. The molecule has 0 aliphatic rings. The van der Waals surface area contributed by atoms with Gasteiger partial charge in [-0.15, -0.1) is 0 Å². The Kier molecular flexibility index (Phi) is 5.74. The minimum atomic E-state index is -1.41. The van der Waals surface area contributed by atoms with Crippen LogP contribution in [0.25, 0.3) is 0 Å². The maximum absolute atomic E-state index is 11.5. The van der Waals surface area contributed by atoms with Crippen molar-refractivity contribution >= 4 is 11.8 Å². The first kappa shape index (κ1) is 16.5. The number of carbonyl (C=O) groups excluding carboxylic acids is 2. The zero-order chi connectivity index (χ0) is 16.7. The van der Waals surface area contributed by atoms with Crippen LogP contribution in [0.5, 0.6) is 11.5 Å². The lowest BCUT2D eigenvalue weighted by atomic mass is 10.2. The minimum Gasteiger partial charge on any atom is -0.550 e. The van der Waals surface area contributed by atoms with Crippen LogP contribution in [0.1, 0.15) is 18.9 Å². The molecule has 1 unspecified atom stereocenters. The lowest BCUT2D eigenvalue weighted by Crippen LogP contribution is -2.32. The van der Waals surface area contributed by atoms with Crippen molar-refractivity contribution in [3.8, 4) is 11.5 Å². The van der Waals surface area contributed by atoms with Gasteiger partial charge in [-0.2, -0.15) is 0 Å². The fourth-order valence-electron chi connectivity index (χ4n) is 1.91. The number of hydrogen-bond donors (Lipinski definition) is 0. The van der Waals surface area contributed by atoms with E-state index >= 15 is 0 Å². The van der Waals surface area contributed by atoms with Gasteiger partial charge in [-0.05, 0) is 36.8 Å². The van der Waals surface area contributed by atoms with Crippen molar-refractivity contribution in [2.45, 2.75) is 26.1 Å². The SMILES string of the molecule is CC(Oc1ccc(OCc2ccccc2)cc1)C(=O)CC(=O)[O-]. The standard InChI is InChI=1S/C18H18O5/c1-13(17(19)11-18(20)21)23-16-9-7-15(8-10-16)22-12-14-5-3-2-4-6-14/h2-10,13H,11-12H2,1H3,(H,20,21)/p-1. The van der Waals surface area contributed by atoms with Crippen molar-refractivity contribution in [2.24, 2.45) is 0 Å². The predicted octanol–water partition coefficient (Wildman–Crippen LogP) is 1.74. The highest BCUT2D eigenvalue weighted by Gasteiger charge is 2.14. The molecule has 2 rings (SSSR count). The molecular weight excluding hydrogens is 296 g/mol. The van der Waals surface area contributed by atoms with Crippen LogP contribution < -0.4 is 14.6 Å². The highest BCUT2D eigenvalue weighted by Crippen LogP contribution is 2.20. The Morgan fingerprint density at radius 3 is 2.22 bits per heavy atom. The molecule has 0 amide bonds. The van der Waals surface area contributed by atoms with Crippen LogP contribution in [0.2, 0.25) is 0 Å². The van der Waals surface area contributed by atoms with E-state index in [1.54, 1.807) is 24.3 Å². The van der Waals surface area contributed by atoms with E-state index in [9.17, 15) is 14.7 Å². The first-order valence-electron chi connectivity index (χ1n) is 7.20. The minimum absolute atomic E-state index is 0.460. The van der Waals surface area contributed by atoms with Crippen molar-refractivity contribution in [2.75, 3.05) is 0 Å². The van der Waals surface area contributed by atoms with Crippen LogP contribution in [-0.2, 0) is 16.2 Å². The third kappa shape index (κ3) is 5.47. The summed E-state index contributed by atoms with van der Waals surface area (Å²) in [6.45, 7) is 1.96. The first-order valence-corrected chi connectivity index (χ1v) is 7.20. The van der Waals surface area contributed by atoms with Crippen LogP contribution >= 0.6 is 0 Å². The maximum Gasteiger partial charge on any atom is 0.178 e. The van der Waals surface area contributed by atoms with Gasteiger partial charge in [0.25, 0.3) is 0 Å². The third-order valence-corrected chi connectivity index (χ3v) is 3.16. The van der Waals surface area contributed by atoms with Crippen LogP contribution in [0.3, 0.4) is 0 Å². The van der Waals surface area contributed by atoms with E-state index < -0.39 is 24.3 Å². The van der Waals surface area contributed by atoms with Crippen molar-refractivity contribution in [3.63, 3.8) is 0 Å². The molecular formula is C18H17O5-. The Labute approximate surface area is 134 Å². The molecule has 0 saturated heterocycles. The van der Waals surface area contributed by atoms with Crippen molar-refractivity contribution in [1.29, 1.82) is 0 Å². The second-order valence-electron chi connectivity index (χ2n) is 5.02. The number of rotatable bonds is 8. The second-order valence-corrected chi connectivity index (χ2v) is 5.02. The van der Waals surface area contributed by atoms with Crippen molar-refractivity contribution in [3.05, 3.63) is 60.2 Å². The maximum atomic E-state index is 11.5. The number of hydrogen-bond acceptors (Lipinski definition) is 5. The molecule has 120 valence electrons. The summed E-state index contributed by atoms with van der Waals surface area (Å²) >= 11 is 0. The summed E-state index contributed by atoms with van der Waals surface area (Å²) in [5.74, 6) is -0.796. The first-order chi connectivity index (χ1) is 11.0. The second kappa shape index (κ2) is 7.98. The molecule has 0 aliphatic carbocycles. The number of ketones is 1. The number of ether oxygens (including phenoxy) is 2. The summed E-state index contributed by atoms with van der Waals surface area (Å²) in [5.41, 5.74) is 1.06. The number of benzene rings is 2. The van der Waals surface area contributed by atoms with Gasteiger partial charge in [0, 0.05) is 12.4 Å². The van der Waals surface area contributed by atoms with E-state index in [0.717, 1.165) is 5.56 Å². The molecule has 2 aromatic rings. The Morgan fingerprint density at radius 1 is 1.00 bits per heavy atom. The fourth-order valence-corrected chi connectivity index (χ4v) is 1.91. The summed E-state index contributed by atoms with van der Waals surface area (Å²) in [7, 11) is 0. The molecule has 0 aromatic heterocycles. The summed E-state index contributed by atoms with van der Waals surface area (Å²) in [4.78, 5) is 21.9. The number of Topliss-reactive ketones (excluding diaryl/α,β-unsaturated/α-hetero) is 1. The molecule has 0 fully saturated rings. The fraction of sp³-hybridized carbons (Fsp3) is 0.222. The Morgan fingerprint density at radius 2 is 1.61 bits per heavy atom. The lowest BCUT2D eigenvalue weighted by Gasteiger charge is -2.14. The van der Waals surface area contributed by atoms with E-state index in [2.05, 4.69) is 0 Å². The normalized spacial score (nSPS) is 11.5. The van der Waals surface area contributed by atoms with Crippen LogP contribution in [-0.4, -0.2) is 17.9 Å². The molecule has 5 heteroatoms. The largest absolute Gasteiger partial charge is 0.550 e. The average Bonchev–Trinajstić information content (AvgIpc) is 2.54. The predicted molar refractivity (Wildman–Crippen MR) is 81.9 cm³/mol. The highest BCUT2D eigenvalue weighted by molar-refractivity contribution is 5.96. The molecule has 5 nitrogen and oxygen atoms in total. The average molecular weight is 313 g/mol. The summed E-state index contributed by atoms with van der Waals surface area (Å²) < 4.78 is 11.0. The molecule has 23 heavy (non-hydrogen) atoms. The topological polar surface area (TPSA) is 75.7 Å². The molecule has 1 atom stereocenters. The van der Waals surface area contributed by atoms with E-state index in [4.69, 9.17) is 9.47 Å². The molecule has 0 aliphatic heterocycles. The van der Waals surface area contributed by atoms with Gasteiger partial charge < -0.3 is 19.4 Å². The van der Waals surface area contributed by atoms with Gasteiger partial charge in [-0.1, -0.05) is 30.3 Å². The monoisotopic (exact) mass is 313 g/mol. The van der Waals surface area contributed by atoms with Gasteiger partial charge in [0.05, 0.1) is 0 Å². The van der Waals surface area contributed by atoms with Gasteiger partial charge in [0.2, 0.25) is 0 Å². The highest BCUT2D eigenvalue weighted by atomic mass is 16.5. The van der Waals surface area contributed by atoms with Gasteiger partial charge >= 0.3 is 0 Å². The molecule has 0 saturated carbocycles. The summed E-state index contributed by atoms with van der Waals surface area (Å²) in [6, 6.07) is 16.6. The van der Waals surface area contributed by atoms with Crippen LogP contribution in [0.15, 0.2) is 54.6 Å². The molecule has 0 spiro atoms.